The SMILES string of the molecule is Cc1ccccc1[C@H](NC(=O)[C@H](c1ccccc1)N(C)S(C)(=O)=O)c1ccccc1. The molecule has 30 heavy (non-hydrogen) atoms. The van der Waals surface area contributed by atoms with E-state index in [0.717, 1.165) is 27.3 Å². The molecule has 0 radical (unpaired) electrons. The molecule has 0 aliphatic rings. The van der Waals surface area contributed by atoms with Crippen molar-refractivity contribution in [3.05, 3.63) is 107 Å². The molecule has 3 aromatic carbocycles. The summed E-state index contributed by atoms with van der Waals surface area (Å²) >= 11 is 0. The molecule has 0 spiro atoms. The lowest BCUT2D eigenvalue weighted by atomic mass is 9.94. The molecule has 0 fully saturated rings. The summed E-state index contributed by atoms with van der Waals surface area (Å²) in [5.41, 5.74) is 3.54. The van der Waals surface area contributed by atoms with Gasteiger partial charge in [-0.2, -0.15) is 4.31 Å². The first kappa shape index (κ1) is 21.7. The topological polar surface area (TPSA) is 66.5 Å². The number of hydrogen-bond donors (Lipinski definition) is 1. The van der Waals surface area contributed by atoms with Gasteiger partial charge in [0.15, 0.2) is 0 Å². The fourth-order valence-corrected chi connectivity index (χ4v) is 4.07. The third-order valence-electron chi connectivity index (χ3n) is 5.17. The minimum absolute atomic E-state index is 0.383. The van der Waals surface area contributed by atoms with E-state index in [0.29, 0.717) is 5.56 Å². The predicted octanol–water partition coefficient (Wildman–Crippen LogP) is 3.83. The summed E-state index contributed by atoms with van der Waals surface area (Å²) < 4.78 is 25.7. The Morgan fingerprint density at radius 1 is 0.833 bits per heavy atom. The Kier molecular flexibility index (Phi) is 6.70. The largest absolute Gasteiger partial charge is 0.343 e. The number of benzene rings is 3. The summed E-state index contributed by atoms with van der Waals surface area (Å²) in [7, 11) is -2.17. The zero-order chi connectivity index (χ0) is 21.7. The highest BCUT2D eigenvalue weighted by atomic mass is 32.2. The molecule has 6 heteroatoms. The lowest BCUT2D eigenvalue weighted by Gasteiger charge is -2.29. The second kappa shape index (κ2) is 9.24. The lowest BCUT2D eigenvalue weighted by molar-refractivity contribution is -0.125. The van der Waals surface area contributed by atoms with E-state index in [9.17, 15) is 13.2 Å². The van der Waals surface area contributed by atoms with Crippen LogP contribution in [0.4, 0.5) is 0 Å². The van der Waals surface area contributed by atoms with E-state index in [1.165, 1.54) is 7.05 Å². The van der Waals surface area contributed by atoms with Crippen LogP contribution < -0.4 is 5.32 Å². The molecule has 2 atom stereocenters. The van der Waals surface area contributed by atoms with Crippen LogP contribution in [0.25, 0.3) is 0 Å². The number of amides is 1. The second-order valence-corrected chi connectivity index (χ2v) is 9.34. The van der Waals surface area contributed by atoms with Crippen LogP contribution in [0.3, 0.4) is 0 Å². The third-order valence-corrected chi connectivity index (χ3v) is 6.43. The van der Waals surface area contributed by atoms with Crippen LogP contribution in [0.5, 0.6) is 0 Å². The first-order chi connectivity index (χ1) is 14.3. The number of hydrogen-bond acceptors (Lipinski definition) is 3. The smallest absolute Gasteiger partial charge is 0.243 e. The van der Waals surface area contributed by atoms with Crippen LogP contribution in [0.2, 0.25) is 0 Å². The van der Waals surface area contributed by atoms with Crippen molar-refractivity contribution in [3.63, 3.8) is 0 Å². The van der Waals surface area contributed by atoms with E-state index < -0.39 is 22.1 Å². The molecule has 0 aliphatic carbocycles. The predicted molar refractivity (Wildman–Crippen MR) is 119 cm³/mol. The molecule has 1 amide bonds. The van der Waals surface area contributed by atoms with Crippen molar-refractivity contribution in [1.29, 1.82) is 0 Å². The number of nitrogens with one attached hydrogen (secondary N) is 1. The Morgan fingerprint density at radius 2 is 1.33 bits per heavy atom. The molecule has 0 saturated heterocycles. The molecule has 0 aliphatic heterocycles. The van der Waals surface area contributed by atoms with Gasteiger partial charge in [-0.25, -0.2) is 8.42 Å². The zero-order valence-corrected chi connectivity index (χ0v) is 18.1. The summed E-state index contributed by atoms with van der Waals surface area (Å²) in [4.78, 5) is 13.5. The molecule has 0 aromatic heterocycles. The van der Waals surface area contributed by atoms with Crippen molar-refractivity contribution in [1.82, 2.24) is 9.62 Å². The fourth-order valence-electron chi connectivity index (χ4n) is 3.47. The number of aryl methyl sites for hydroxylation is 1. The van der Waals surface area contributed by atoms with Gasteiger partial charge in [0.25, 0.3) is 0 Å². The Labute approximate surface area is 178 Å². The van der Waals surface area contributed by atoms with Crippen LogP contribution in [0, 0.1) is 6.92 Å². The monoisotopic (exact) mass is 422 g/mol. The fraction of sp³-hybridized carbons (Fsp3) is 0.208. The Balaban J connectivity index is 2.04. The van der Waals surface area contributed by atoms with Crippen LogP contribution >= 0.6 is 0 Å². The molecular formula is C24H26N2O3S. The summed E-state index contributed by atoms with van der Waals surface area (Å²) in [5, 5.41) is 3.10. The van der Waals surface area contributed by atoms with E-state index >= 15 is 0 Å². The van der Waals surface area contributed by atoms with Crippen molar-refractivity contribution in [3.8, 4) is 0 Å². The standard InChI is InChI=1S/C24H26N2O3S/c1-18-12-10-11-17-21(18)22(19-13-6-4-7-14-19)25-24(27)23(26(2)30(3,28)29)20-15-8-5-9-16-20/h4-17,22-23H,1-3H3,(H,25,27)/t22-,23+/m1/s1. The first-order valence-corrected chi connectivity index (χ1v) is 11.5. The van der Waals surface area contributed by atoms with E-state index in [-0.39, 0.29) is 5.91 Å². The van der Waals surface area contributed by atoms with E-state index in [2.05, 4.69) is 5.32 Å². The maximum atomic E-state index is 13.5. The highest BCUT2D eigenvalue weighted by molar-refractivity contribution is 7.88. The quantitative estimate of drug-likeness (QED) is 0.629. The number of likely N-dealkylation sites (N-methyl/N-ethyl adjacent to an activating group) is 1. The minimum atomic E-state index is -3.60. The maximum absolute atomic E-state index is 13.5. The van der Waals surface area contributed by atoms with Crippen LogP contribution in [-0.4, -0.2) is 31.9 Å². The van der Waals surface area contributed by atoms with Gasteiger partial charge < -0.3 is 5.32 Å². The summed E-state index contributed by atoms with van der Waals surface area (Å²) in [5.74, 6) is -0.383. The summed E-state index contributed by atoms with van der Waals surface area (Å²) in [6, 6.07) is 25.1. The molecule has 0 saturated carbocycles. The molecule has 0 unspecified atom stereocenters. The molecule has 0 heterocycles. The average Bonchev–Trinajstić information content (AvgIpc) is 2.73. The number of nitrogens with zero attached hydrogens (tertiary/aromatic N) is 1. The van der Waals surface area contributed by atoms with Crippen molar-refractivity contribution in [2.24, 2.45) is 0 Å². The molecule has 0 bridgehead atoms. The van der Waals surface area contributed by atoms with Gasteiger partial charge in [-0.3, -0.25) is 4.79 Å². The van der Waals surface area contributed by atoms with E-state index in [1.807, 2.05) is 67.6 Å². The molecule has 156 valence electrons. The molecule has 5 nitrogen and oxygen atoms in total. The van der Waals surface area contributed by atoms with Gasteiger partial charge in [-0.1, -0.05) is 84.9 Å². The summed E-state index contributed by atoms with van der Waals surface area (Å²) in [6.45, 7) is 1.99. The second-order valence-electron chi connectivity index (χ2n) is 7.30. The van der Waals surface area contributed by atoms with Crippen LogP contribution in [-0.2, 0) is 14.8 Å². The van der Waals surface area contributed by atoms with Gasteiger partial charge in [0, 0.05) is 7.05 Å². The van der Waals surface area contributed by atoms with Crippen LogP contribution in [0.15, 0.2) is 84.9 Å². The molecule has 1 N–H and O–H groups in total. The van der Waals surface area contributed by atoms with Crippen molar-refractivity contribution in [2.75, 3.05) is 13.3 Å². The molecule has 3 aromatic rings. The maximum Gasteiger partial charge on any atom is 0.243 e. The lowest BCUT2D eigenvalue weighted by Crippen LogP contribution is -2.42. The van der Waals surface area contributed by atoms with Gasteiger partial charge in [-0.05, 0) is 29.2 Å². The van der Waals surface area contributed by atoms with Crippen molar-refractivity contribution in [2.45, 2.75) is 19.0 Å². The first-order valence-electron chi connectivity index (χ1n) is 9.68. The molecular weight excluding hydrogens is 396 g/mol. The van der Waals surface area contributed by atoms with Gasteiger partial charge >= 0.3 is 0 Å². The van der Waals surface area contributed by atoms with Crippen molar-refractivity contribution < 1.29 is 13.2 Å². The van der Waals surface area contributed by atoms with E-state index in [1.54, 1.807) is 24.3 Å². The van der Waals surface area contributed by atoms with Gasteiger partial charge in [0.2, 0.25) is 15.9 Å². The Morgan fingerprint density at radius 3 is 1.87 bits per heavy atom. The average molecular weight is 423 g/mol. The Bertz CT molecular complexity index is 1100. The normalized spacial score (nSPS) is 13.6. The van der Waals surface area contributed by atoms with Gasteiger partial charge in [0.1, 0.15) is 6.04 Å². The number of rotatable bonds is 7. The Hall–Kier alpha value is -2.96. The zero-order valence-electron chi connectivity index (χ0n) is 17.3. The highest BCUT2D eigenvalue weighted by Crippen LogP contribution is 2.28. The number of sulfonamides is 1. The highest BCUT2D eigenvalue weighted by Gasteiger charge is 2.32. The minimum Gasteiger partial charge on any atom is -0.343 e. The van der Waals surface area contributed by atoms with E-state index in [4.69, 9.17) is 0 Å². The molecule has 3 rings (SSSR count). The number of carbonyl (C=O) groups is 1. The van der Waals surface area contributed by atoms with Crippen LogP contribution in [0.1, 0.15) is 34.3 Å². The third kappa shape index (κ3) is 4.96. The number of carbonyl (C=O) groups excluding carboxylic acids is 1. The van der Waals surface area contributed by atoms with Gasteiger partial charge in [0.05, 0.1) is 12.3 Å². The van der Waals surface area contributed by atoms with Crippen molar-refractivity contribution >= 4 is 15.9 Å². The summed E-state index contributed by atoms with van der Waals surface area (Å²) in [6.07, 6.45) is 1.10. The van der Waals surface area contributed by atoms with Gasteiger partial charge in [-0.15, -0.1) is 0 Å².